The maximum atomic E-state index is 2.46. The van der Waals surface area contributed by atoms with Gasteiger partial charge in [0.1, 0.15) is 0 Å². The Balaban J connectivity index is 1.28. The second-order valence-corrected chi connectivity index (χ2v) is 12.9. The van der Waals surface area contributed by atoms with E-state index >= 15 is 0 Å². The lowest BCUT2D eigenvalue weighted by atomic mass is 9.93. The van der Waals surface area contributed by atoms with E-state index in [0.717, 1.165) is 5.69 Å². The highest BCUT2D eigenvalue weighted by atomic mass is 15.0. The number of rotatable bonds is 5. The SMILES string of the molecule is c1ccc(-c2ccc(-c3ccccc3)c3c2c2cc(-c4ccc5c(c4)c4ccccc4n5-c4ccccc4)ccc2n3-c2ccccc2)cc1. The summed E-state index contributed by atoms with van der Waals surface area (Å²) in [5.74, 6) is 0. The van der Waals surface area contributed by atoms with E-state index in [4.69, 9.17) is 0 Å². The van der Waals surface area contributed by atoms with E-state index in [1.165, 1.54) is 82.7 Å². The van der Waals surface area contributed by atoms with Crippen molar-refractivity contribution in [1.29, 1.82) is 0 Å². The summed E-state index contributed by atoms with van der Waals surface area (Å²) in [6.07, 6.45) is 0. The zero-order valence-electron chi connectivity index (χ0n) is 27.4. The van der Waals surface area contributed by atoms with E-state index in [9.17, 15) is 0 Å². The summed E-state index contributed by atoms with van der Waals surface area (Å²) in [6, 6.07) is 70.4. The fourth-order valence-corrected chi connectivity index (χ4v) is 7.89. The van der Waals surface area contributed by atoms with Crippen LogP contribution in [-0.4, -0.2) is 9.13 Å². The number of benzene rings is 8. The van der Waals surface area contributed by atoms with E-state index in [1.807, 2.05) is 0 Å². The number of aromatic nitrogens is 2. The topological polar surface area (TPSA) is 9.86 Å². The van der Waals surface area contributed by atoms with Gasteiger partial charge in [-0.15, -0.1) is 0 Å². The fourth-order valence-electron chi connectivity index (χ4n) is 7.89. The van der Waals surface area contributed by atoms with E-state index in [1.54, 1.807) is 0 Å². The first kappa shape index (κ1) is 28.4. The van der Waals surface area contributed by atoms with E-state index in [-0.39, 0.29) is 0 Å². The Hall–Kier alpha value is -6.64. The van der Waals surface area contributed by atoms with Crippen LogP contribution in [0.2, 0.25) is 0 Å². The van der Waals surface area contributed by atoms with Crippen molar-refractivity contribution in [3.8, 4) is 44.8 Å². The second kappa shape index (κ2) is 11.5. The van der Waals surface area contributed by atoms with Gasteiger partial charge in [0, 0.05) is 38.5 Å². The zero-order chi connectivity index (χ0) is 33.0. The van der Waals surface area contributed by atoms with Gasteiger partial charge in [-0.2, -0.15) is 0 Å². The highest BCUT2D eigenvalue weighted by Gasteiger charge is 2.21. The molecule has 10 rings (SSSR count). The number of hydrogen-bond acceptors (Lipinski definition) is 0. The van der Waals surface area contributed by atoms with Gasteiger partial charge in [-0.1, -0.05) is 140 Å². The average Bonchev–Trinajstić information content (AvgIpc) is 3.72. The van der Waals surface area contributed by atoms with Gasteiger partial charge in [0.2, 0.25) is 0 Å². The van der Waals surface area contributed by atoms with Gasteiger partial charge in [-0.25, -0.2) is 0 Å². The molecule has 0 saturated carbocycles. The molecule has 0 radical (unpaired) electrons. The minimum absolute atomic E-state index is 1.15. The Bertz CT molecular complexity index is 2830. The van der Waals surface area contributed by atoms with Gasteiger partial charge < -0.3 is 9.13 Å². The largest absolute Gasteiger partial charge is 0.309 e. The molecule has 2 aromatic heterocycles. The molecule has 0 saturated heterocycles. The minimum Gasteiger partial charge on any atom is -0.309 e. The Kier molecular flexibility index (Phi) is 6.53. The summed E-state index contributed by atoms with van der Waals surface area (Å²) in [7, 11) is 0. The highest BCUT2D eigenvalue weighted by molar-refractivity contribution is 6.20. The van der Waals surface area contributed by atoms with Crippen LogP contribution in [0.5, 0.6) is 0 Å². The molecule has 0 aliphatic rings. The molecule has 2 heteroatoms. The standard InChI is InChI=1S/C48H32N2/c1-5-15-33(16-6-1)39-27-28-40(34-17-7-2-8-18-34)48-47(39)43-32-36(26-30-46(43)50(48)38-21-11-4-12-22-38)35-25-29-45-42(31-35)41-23-13-14-24-44(41)49(45)37-19-9-3-10-20-37/h1-32H. The second-order valence-electron chi connectivity index (χ2n) is 12.9. The van der Waals surface area contributed by atoms with Gasteiger partial charge >= 0.3 is 0 Å². The first-order valence-electron chi connectivity index (χ1n) is 17.2. The Morgan fingerprint density at radius 1 is 0.280 bits per heavy atom. The van der Waals surface area contributed by atoms with Crippen molar-refractivity contribution in [2.45, 2.75) is 0 Å². The van der Waals surface area contributed by atoms with E-state index in [0.29, 0.717) is 0 Å². The van der Waals surface area contributed by atoms with Crippen LogP contribution in [0.25, 0.3) is 88.4 Å². The third-order valence-corrected chi connectivity index (χ3v) is 10.1. The van der Waals surface area contributed by atoms with Crippen LogP contribution in [0.4, 0.5) is 0 Å². The van der Waals surface area contributed by atoms with Crippen molar-refractivity contribution < 1.29 is 0 Å². The fraction of sp³-hybridized carbons (Fsp3) is 0. The Labute approximate surface area is 290 Å². The predicted molar refractivity (Wildman–Crippen MR) is 211 cm³/mol. The first-order valence-corrected chi connectivity index (χ1v) is 17.2. The van der Waals surface area contributed by atoms with Crippen molar-refractivity contribution in [1.82, 2.24) is 9.13 Å². The van der Waals surface area contributed by atoms with Crippen LogP contribution in [0.1, 0.15) is 0 Å². The summed E-state index contributed by atoms with van der Waals surface area (Å²) < 4.78 is 4.84. The number of fused-ring (bicyclic) bond motifs is 6. The van der Waals surface area contributed by atoms with Crippen LogP contribution in [-0.2, 0) is 0 Å². The summed E-state index contributed by atoms with van der Waals surface area (Å²) in [5.41, 5.74) is 14.4. The number of para-hydroxylation sites is 3. The molecule has 0 N–H and O–H groups in total. The monoisotopic (exact) mass is 636 g/mol. The molecule has 8 aromatic carbocycles. The maximum Gasteiger partial charge on any atom is 0.0625 e. The highest BCUT2D eigenvalue weighted by Crippen LogP contribution is 2.44. The molecule has 0 aliphatic carbocycles. The lowest BCUT2D eigenvalue weighted by Gasteiger charge is -2.13. The molecular weight excluding hydrogens is 605 g/mol. The summed E-state index contributed by atoms with van der Waals surface area (Å²) >= 11 is 0. The quantitative estimate of drug-likeness (QED) is 0.178. The van der Waals surface area contributed by atoms with Crippen molar-refractivity contribution in [2.24, 2.45) is 0 Å². The minimum atomic E-state index is 1.15. The lowest BCUT2D eigenvalue weighted by molar-refractivity contribution is 1.18. The van der Waals surface area contributed by atoms with Crippen LogP contribution in [0.3, 0.4) is 0 Å². The smallest absolute Gasteiger partial charge is 0.0625 e. The Morgan fingerprint density at radius 2 is 0.740 bits per heavy atom. The van der Waals surface area contributed by atoms with Crippen LogP contribution >= 0.6 is 0 Å². The van der Waals surface area contributed by atoms with Crippen molar-refractivity contribution in [3.05, 3.63) is 194 Å². The summed E-state index contributed by atoms with van der Waals surface area (Å²) in [5, 5.41) is 5.02. The van der Waals surface area contributed by atoms with Crippen LogP contribution < -0.4 is 0 Å². The van der Waals surface area contributed by atoms with Gasteiger partial charge in [-0.3, -0.25) is 0 Å². The van der Waals surface area contributed by atoms with Crippen LogP contribution in [0, 0.1) is 0 Å². The first-order chi connectivity index (χ1) is 24.8. The molecule has 2 heterocycles. The molecular formula is C48H32N2. The molecule has 0 unspecified atom stereocenters. The molecule has 0 aliphatic heterocycles. The van der Waals surface area contributed by atoms with Crippen LogP contribution in [0.15, 0.2) is 194 Å². The zero-order valence-corrected chi connectivity index (χ0v) is 27.4. The molecule has 0 amide bonds. The van der Waals surface area contributed by atoms with Crippen molar-refractivity contribution >= 4 is 43.6 Å². The Morgan fingerprint density at radius 3 is 1.38 bits per heavy atom. The third-order valence-electron chi connectivity index (χ3n) is 10.1. The maximum absolute atomic E-state index is 2.46. The van der Waals surface area contributed by atoms with Crippen molar-refractivity contribution in [2.75, 3.05) is 0 Å². The van der Waals surface area contributed by atoms with Gasteiger partial charge in [0.15, 0.2) is 0 Å². The molecule has 50 heavy (non-hydrogen) atoms. The molecule has 0 bridgehead atoms. The van der Waals surface area contributed by atoms with Gasteiger partial charge in [0.05, 0.1) is 22.1 Å². The van der Waals surface area contributed by atoms with Gasteiger partial charge in [0.25, 0.3) is 0 Å². The summed E-state index contributed by atoms with van der Waals surface area (Å²) in [6.45, 7) is 0. The average molecular weight is 637 g/mol. The van der Waals surface area contributed by atoms with Crippen molar-refractivity contribution in [3.63, 3.8) is 0 Å². The normalized spacial score (nSPS) is 11.6. The van der Waals surface area contributed by atoms with Gasteiger partial charge in [-0.05, 0) is 82.4 Å². The number of hydrogen-bond donors (Lipinski definition) is 0. The molecule has 0 atom stereocenters. The predicted octanol–water partition coefficient (Wildman–Crippen LogP) is 12.9. The lowest BCUT2D eigenvalue weighted by Crippen LogP contribution is -1.95. The molecule has 234 valence electrons. The van der Waals surface area contributed by atoms with E-state index in [2.05, 4.69) is 203 Å². The third kappa shape index (κ3) is 4.43. The molecule has 0 spiro atoms. The molecule has 2 nitrogen and oxygen atoms in total. The molecule has 0 fully saturated rings. The summed E-state index contributed by atoms with van der Waals surface area (Å²) in [4.78, 5) is 0. The molecule has 10 aromatic rings. The number of nitrogens with zero attached hydrogens (tertiary/aromatic N) is 2. The van der Waals surface area contributed by atoms with E-state index < -0.39 is 0 Å².